The summed E-state index contributed by atoms with van der Waals surface area (Å²) in [6.07, 6.45) is 2.86. The summed E-state index contributed by atoms with van der Waals surface area (Å²) < 4.78 is 33.7. The molecule has 0 atom stereocenters. The number of hydrogen-bond acceptors (Lipinski definition) is 5. The Hall–Kier alpha value is -3.97. The molecule has 32 heavy (non-hydrogen) atoms. The molecular formula is C25H20N2O4S. The first kappa shape index (κ1) is 21.3. The Morgan fingerprint density at radius 1 is 0.875 bits per heavy atom. The standard InChI is InChI=1S/C25H20N2O4S/c1-19-24(32(29,30)22-15-9-4-10-16-22)25(27(26-19)21-13-7-3-8-14-21)31-23(28)18-17-20-11-5-2-6-12-20/h2-18H,1H3/b18-17+. The lowest BCUT2D eigenvalue weighted by Crippen LogP contribution is -2.12. The van der Waals surface area contributed by atoms with Crippen molar-refractivity contribution in [1.29, 1.82) is 0 Å². The van der Waals surface area contributed by atoms with Gasteiger partial charge in [-0.05, 0) is 42.8 Å². The molecule has 0 saturated heterocycles. The molecule has 0 unspecified atom stereocenters. The second kappa shape index (κ2) is 9.03. The second-order valence-electron chi connectivity index (χ2n) is 6.95. The second-order valence-corrected chi connectivity index (χ2v) is 8.84. The van der Waals surface area contributed by atoms with E-state index in [2.05, 4.69) is 5.10 Å². The number of para-hydroxylation sites is 1. The third kappa shape index (κ3) is 4.38. The van der Waals surface area contributed by atoms with E-state index in [9.17, 15) is 13.2 Å². The van der Waals surface area contributed by atoms with Crippen molar-refractivity contribution in [1.82, 2.24) is 9.78 Å². The monoisotopic (exact) mass is 444 g/mol. The number of aryl methyl sites for hydroxylation is 1. The van der Waals surface area contributed by atoms with E-state index in [1.54, 1.807) is 55.5 Å². The first-order valence-electron chi connectivity index (χ1n) is 9.87. The zero-order chi connectivity index (χ0) is 22.6. The van der Waals surface area contributed by atoms with Gasteiger partial charge < -0.3 is 4.74 Å². The molecule has 0 saturated carbocycles. The smallest absolute Gasteiger partial charge is 0.337 e. The minimum atomic E-state index is -3.98. The van der Waals surface area contributed by atoms with Gasteiger partial charge in [0.2, 0.25) is 15.7 Å². The summed E-state index contributed by atoms with van der Waals surface area (Å²) in [5.74, 6) is -0.865. The topological polar surface area (TPSA) is 78.3 Å². The SMILES string of the molecule is Cc1nn(-c2ccccc2)c(OC(=O)/C=C/c2ccccc2)c1S(=O)(=O)c1ccccc1. The summed E-state index contributed by atoms with van der Waals surface area (Å²) in [6.45, 7) is 1.58. The maximum Gasteiger partial charge on any atom is 0.337 e. The molecule has 3 aromatic carbocycles. The van der Waals surface area contributed by atoms with E-state index in [4.69, 9.17) is 4.74 Å². The van der Waals surface area contributed by atoms with E-state index in [1.807, 2.05) is 36.4 Å². The first-order valence-corrected chi connectivity index (χ1v) is 11.4. The van der Waals surface area contributed by atoms with E-state index in [0.29, 0.717) is 5.69 Å². The quantitative estimate of drug-likeness (QED) is 0.320. The van der Waals surface area contributed by atoms with Crippen molar-refractivity contribution >= 4 is 21.9 Å². The number of sulfone groups is 1. The number of aromatic nitrogens is 2. The van der Waals surface area contributed by atoms with Gasteiger partial charge in [0.15, 0.2) is 4.90 Å². The van der Waals surface area contributed by atoms with Crippen LogP contribution in [-0.2, 0) is 14.6 Å². The summed E-state index contributed by atoms with van der Waals surface area (Å²) in [6, 6.07) is 26.2. The zero-order valence-corrected chi connectivity index (χ0v) is 18.1. The first-order chi connectivity index (χ1) is 15.5. The molecule has 1 heterocycles. The summed E-state index contributed by atoms with van der Waals surface area (Å²) in [5.41, 5.74) is 1.61. The lowest BCUT2D eigenvalue weighted by Gasteiger charge is -2.10. The van der Waals surface area contributed by atoms with Crippen molar-refractivity contribution in [2.24, 2.45) is 0 Å². The molecule has 0 radical (unpaired) electrons. The predicted molar refractivity (Wildman–Crippen MR) is 121 cm³/mol. The van der Waals surface area contributed by atoms with Gasteiger partial charge in [-0.15, -0.1) is 0 Å². The highest BCUT2D eigenvalue weighted by Crippen LogP contribution is 2.34. The van der Waals surface area contributed by atoms with E-state index in [0.717, 1.165) is 5.56 Å². The Morgan fingerprint density at radius 2 is 1.44 bits per heavy atom. The molecular weight excluding hydrogens is 424 g/mol. The third-order valence-electron chi connectivity index (χ3n) is 4.70. The minimum Gasteiger partial charge on any atom is -0.403 e. The van der Waals surface area contributed by atoms with Crippen molar-refractivity contribution in [3.05, 3.63) is 108 Å². The van der Waals surface area contributed by atoms with E-state index < -0.39 is 15.8 Å². The van der Waals surface area contributed by atoms with Gasteiger partial charge in [0.1, 0.15) is 0 Å². The number of nitrogens with zero attached hydrogens (tertiary/aromatic N) is 2. The Morgan fingerprint density at radius 3 is 2.06 bits per heavy atom. The Labute approximate surface area is 186 Å². The lowest BCUT2D eigenvalue weighted by molar-refractivity contribution is -0.129. The number of carbonyl (C=O) groups is 1. The van der Waals surface area contributed by atoms with Crippen LogP contribution >= 0.6 is 0 Å². The van der Waals surface area contributed by atoms with Gasteiger partial charge in [0.25, 0.3) is 0 Å². The van der Waals surface area contributed by atoms with E-state index >= 15 is 0 Å². The number of benzene rings is 3. The molecule has 0 spiro atoms. The third-order valence-corrected chi connectivity index (χ3v) is 6.60. The van der Waals surface area contributed by atoms with Crippen LogP contribution in [0.1, 0.15) is 11.3 Å². The molecule has 0 amide bonds. The summed E-state index contributed by atoms with van der Waals surface area (Å²) in [7, 11) is -3.98. The minimum absolute atomic E-state index is 0.0906. The van der Waals surface area contributed by atoms with Crippen LogP contribution in [0.15, 0.2) is 107 Å². The highest BCUT2D eigenvalue weighted by atomic mass is 32.2. The molecule has 0 bridgehead atoms. The van der Waals surface area contributed by atoms with Gasteiger partial charge in [-0.25, -0.2) is 13.2 Å². The van der Waals surface area contributed by atoms with Crippen LogP contribution in [0.2, 0.25) is 0 Å². The largest absolute Gasteiger partial charge is 0.403 e. The number of carbonyl (C=O) groups excluding carboxylic acids is 1. The van der Waals surface area contributed by atoms with Gasteiger partial charge in [-0.1, -0.05) is 66.7 Å². The number of hydrogen-bond donors (Lipinski definition) is 0. The molecule has 4 rings (SSSR count). The van der Waals surface area contributed by atoms with Gasteiger partial charge >= 0.3 is 5.97 Å². The van der Waals surface area contributed by atoms with Crippen molar-refractivity contribution < 1.29 is 17.9 Å². The van der Waals surface area contributed by atoms with Gasteiger partial charge in [-0.2, -0.15) is 9.78 Å². The van der Waals surface area contributed by atoms with Gasteiger partial charge in [0.05, 0.1) is 16.3 Å². The van der Waals surface area contributed by atoms with E-state index in [-0.39, 0.29) is 21.4 Å². The van der Waals surface area contributed by atoms with Crippen LogP contribution < -0.4 is 4.74 Å². The molecule has 0 aliphatic heterocycles. The average Bonchev–Trinajstić information content (AvgIpc) is 3.16. The van der Waals surface area contributed by atoms with Crippen LogP contribution in [0, 0.1) is 6.92 Å². The van der Waals surface area contributed by atoms with Crippen LogP contribution in [0.4, 0.5) is 0 Å². The normalized spacial score (nSPS) is 11.5. The average molecular weight is 445 g/mol. The maximum atomic E-state index is 13.4. The molecule has 4 aromatic rings. The summed E-state index contributed by atoms with van der Waals surface area (Å²) in [4.78, 5) is 12.6. The van der Waals surface area contributed by atoms with Crippen LogP contribution in [0.3, 0.4) is 0 Å². The lowest BCUT2D eigenvalue weighted by atomic mass is 10.2. The molecule has 0 N–H and O–H groups in total. The summed E-state index contributed by atoms with van der Waals surface area (Å²) in [5, 5.41) is 4.38. The Kier molecular flexibility index (Phi) is 6.00. The number of ether oxygens (including phenoxy) is 1. The van der Waals surface area contributed by atoms with E-state index in [1.165, 1.54) is 22.9 Å². The molecule has 0 fully saturated rings. The fourth-order valence-electron chi connectivity index (χ4n) is 3.21. The maximum absolute atomic E-state index is 13.4. The van der Waals surface area contributed by atoms with Crippen molar-refractivity contribution in [3.63, 3.8) is 0 Å². The highest BCUT2D eigenvalue weighted by molar-refractivity contribution is 7.91. The van der Waals surface area contributed by atoms with Crippen LogP contribution in [0.5, 0.6) is 5.88 Å². The predicted octanol–water partition coefficient (Wildman–Crippen LogP) is 4.63. The molecule has 7 heteroatoms. The fraction of sp³-hybridized carbons (Fsp3) is 0.0400. The number of rotatable bonds is 6. The number of esters is 1. The van der Waals surface area contributed by atoms with Crippen molar-refractivity contribution in [2.75, 3.05) is 0 Å². The van der Waals surface area contributed by atoms with Crippen molar-refractivity contribution in [2.45, 2.75) is 16.7 Å². The molecule has 160 valence electrons. The Bertz CT molecular complexity index is 1360. The van der Waals surface area contributed by atoms with Gasteiger partial charge in [0, 0.05) is 6.08 Å². The summed E-state index contributed by atoms with van der Waals surface area (Å²) >= 11 is 0. The molecule has 0 aliphatic rings. The Balaban J connectivity index is 1.80. The van der Waals surface area contributed by atoms with Crippen LogP contribution in [-0.4, -0.2) is 24.2 Å². The zero-order valence-electron chi connectivity index (χ0n) is 17.3. The molecule has 0 aliphatic carbocycles. The molecule has 1 aromatic heterocycles. The fourth-order valence-corrected chi connectivity index (χ4v) is 4.75. The highest BCUT2D eigenvalue weighted by Gasteiger charge is 2.31. The van der Waals surface area contributed by atoms with Gasteiger partial charge in [-0.3, -0.25) is 0 Å². The van der Waals surface area contributed by atoms with Crippen LogP contribution in [0.25, 0.3) is 11.8 Å². The van der Waals surface area contributed by atoms with Crippen molar-refractivity contribution in [3.8, 4) is 11.6 Å². The molecule has 6 nitrogen and oxygen atoms in total.